The summed E-state index contributed by atoms with van der Waals surface area (Å²) < 4.78 is 0. The van der Waals surface area contributed by atoms with Gasteiger partial charge in [0.05, 0.1) is 5.56 Å². The zero-order valence-electron chi connectivity index (χ0n) is 7.00. The predicted octanol–water partition coefficient (Wildman–Crippen LogP) is 1.85. The molecule has 0 saturated carbocycles. The third-order valence-electron chi connectivity index (χ3n) is 1.24. The summed E-state index contributed by atoms with van der Waals surface area (Å²) in [5.41, 5.74) is -0.741. The topological polar surface area (TPSA) is 87.5 Å². The average molecular weight is 339 g/mol. The predicted molar refractivity (Wildman–Crippen MR) is 49.9 cm³/mol. The van der Waals surface area contributed by atoms with Gasteiger partial charge in [-0.25, -0.2) is 14.6 Å². The number of carboxylic acids is 2. The van der Waals surface area contributed by atoms with Crippen LogP contribution in [0.4, 0.5) is 0 Å². The first-order valence-electron chi connectivity index (χ1n) is 3.31. The van der Waals surface area contributed by atoms with E-state index in [-0.39, 0.29) is 20.7 Å². The molecule has 15 heavy (non-hydrogen) atoms. The summed E-state index contributed by atoms with van der Waals surface area (Å²) in [5, 5.41) is 17.0. The fourth-order valence-corrected chi connectivity index (χ4v) is 0.748. The molecule has 0 radical (unpaired) electrons. The van der Waals surface area contributed by atoms with E-state index in [0.717, 1.165) is 0 Å². The van der Waals surface area contributed by atoms with Crippen molar-refractivity contribution >= 4 is 31.3 Å². The Kier molecular flexibility index (Phi) is 7.21. The third kappa shape index (κ3) is 5.07. The zero-order chi connectivity index (χ0) is 11.8. The van der Waals surface area contributed by atoms with Crippen LogP contribution in [-0.2, 0) is 15.1 Å². The minimum absolute atomic E-state index is 0.301. The molecule has 1 aromatic rings. The van der Waals surface area contributed by atoms with E-state index in [1.165, 1.54) is 18.3 Å². The molecular formula is C7H5Cl2NO4Ru. The van der Waals surface area contributed by atoms with Crippen LogP contribution < -0.4 is 0 Å². The van der Waals surface area contributed by atoms with Crippen molar-refractivity contribution in [2.75, 3.05) is 0 Å². The Labute approximate surface area is 101 Å². The van der Waals surface area contributed by atoms with Crippen LogP contribution >= 0.6 is 19.4 Å². The van der Waals surface area contributed by atoms with E-state index in [0.29, 0.717) is 0 Å². The van der Waals surface area contributed by atoms with Crippen LogP contribution in [-0.4, -0.2) is 27.1 Å². The van der Waals surface area contributed by atoms with Gasteiger partial charge in [-0.3, -0.25) is 0 Å². The average Bonchev–Trinajstić information content (AvgIpc) is 2.19. The van der Waals surface area contributed by atoms with Gasteiger partial charge in [-0.1, -0.05) is 0 Å². The molecule has 1 rings (SSSR count). The molecule has 1 heterocycles. The standard InChI is InChI=1S/C7H5NO4.2ClH.Ru/c9-6(10)4-2-1-3-8-5(4)7(11)12;;;/h1-3H,(H,9,10)(H,11,12);2*1H;/q;;;+2/p-2. The number of rotatable bonds is 2. The van der Waals surface area contributed by atoms with Crippen molar-refractivity contribution < 1.29 is 34.9 Å². The fourth-order valence-electron chi connectivity index (χ4n) is 0.748. The van der Waals surface area contributed by atoms with Gasteiger partial charge >= 0.3 is 46.5 Å². The van der Waals surface area contributed by atoms with Crippen molar-refractivity contribution in [2.45, 2.75) is 0 Å². The molecule has 5 nitrogen and oxygen atoms in total. The van der Waals surface area contributed by atoms with Crippen molar-refractivity contribution in [1.82, 2.24) is 4.98 Å². The van der Waals surface area contributed by atoms with E-state index < -0.39 is 17.6 Å². The van der Waals surface area contributed by atoms with Crippen molar-refractivity contribution in [2.24, 2.45) is 0 Å². The van der Waals surface area contributed by atoms with Crippen molar-refractivity contribution in [3.8, 4) is 0 Å². The number of hydrogen-bond acceptors (Lipinski definition) is 3. The number of nitrogens with zero attached hydrogens (tertiary/aromatic N) is 1. The molecular weight excluding hydrogens is 334 g/mol. The van der Waals surface area contributed by atoms with E-state index in [1.54, 1.807) is 0 Å². The second-order valence-corrected chi connectivity index (χ2v) is 4.70. The van der Waals surface area contributed by atoms with Crippen LogP contribution in [0.5, 0.6) is 0 Å². The Balaban J connectivity index is 0.000000583. The van der Waals surface area contributed by atoms with E-state index >= 15 is 0 Å². The maximum absolute atomic E-state index is 10.4. The Hall–Kier alpha value is -0.707. The van der Waals surface area contributed by atoms with Gasteiger partial charge in [0.2, 0.25) is 0 Å². The van der Waals surface area contributed by atoms with Gasteiger partial charge < -0.3 is 10.2 Å². The van der Waals surface area contributed by atoms with E-state index in [1.807, 2.05) is 0 Å². The number of pyridine rings is 1. The molecule has 0 aliphatic carbocycles. The van der Waals surface area contributed by atoms with Crippen LogP contribution in [0.3, 0.4) is 0 Å². The summed E-state index contributed by atoms with van der Waals surface area (Å²) in [4.78, 5) is 24.2. The number of halogens is 2. The molecule has 0 atom stereocenters. The third-order valence-corrected chi connectivity index (χ3v) is 1.24. The summed E-state index contributed by atoms with van der Waals surface area (Å²) in [6.45, 7) is 0. The van der Waals surface area contributed by atoms with E-state index in [2.05, 4.69) is 4.98 Å². The first-order valence-corrected chi connectivity index (χ1v) is 7.79. The second-order valence-electron chi connectivity index (χ2n) is 2.06. The SMILES string of the molecule is O=C(O)c1cccnc1C(=O)O.[Cl][Ru][Cl]. The Morgan fingerprint density at radius 1 is 1.27 bits per heavy atom. The molecule has 84 valence electrons. The monoisotopic (exact) mass is 339 g/mol. The Morgan fingerprint density at radius 3 is 2.13 bits per heavy atom. The fraction of sp³-hybridized carbons (Fsp3) is 0. The van der Waals surface area contributed by atoms with E-state index in [9.17, 15) is 9.59 Å². The molecule has 2 N–H and O–H groups in total. The van der Waals surface area contributed by atoms with E-state index in [4.69, 9.17) is 29.6 Å². The summed E-state index contributed by atoms with van der Waals surface area (Å²) in [5.74, 6) is -2.63. The summed E-state index contributed by atoms with van der Waals surface area (Å²) in [7, 11) is 9.71. The normalized spacial score (nSPS) is 8.93. The molecule has 1 aromatic heterocycles. The molecule has 0 saturated heterocycles. The second kappa shape index (κ2) is 7.57. The first-order chi connectivity index (χ1) is 7.04. The van der Waals surface area contributed by atoms with Crippen LogP contribution in [0.15, 0.2) is 18.3 Å². The number of aromatic carboxylic acids is 2. The molecule has 0 aromatic carbocycles. The first kappa shape index (κ1) is 14.3. The van der Waals surface area contributed by atoms with Gasteiger partial charge in [-0.05, 0) is 12.1 Å². The van der Waals surface area contributed by atoms with Gasteiger partial charge in [0, 0.05) is 6.20 Å². The zero-order valence-corrected chi connectivity index (χ0v) is 10.2. The van der Waals surface area contributed by atoms with Gasteiger partial charge in [-0.15, -0.1) is 0 Å². The number of aromatic nitrogens is 1. The quantitative estimate of drug-likeness (QED) is 0.803. The Morgan fingerprint density at radius 2 is 1.80 bits per heavy atom. The molecule has 0 spiro atoms. The van der Waals surface area contributed by atoms with Crippen LogP contribution in [0, 0.1) is 0 Å². The maximum atomic E-state index is 10.4. The number of carboxylic acid groups (broad SMARTS) is 2. The number of hydrogen-bond donors (Lipinski definition) is 2. The van der Waals surface area contributed by atoms with Gasteiger partial charge in [-0.2, -0.15) is 0 Å². The summed E-state index contributed by atoms with van der Waals surface area (Å²) >= 11 is -0.346. The van der Waals surface area contributed by atoms with Gasteiger partial charge in [0.1, 0.15) is 0 Å². The minimum atomic E-state index is -1.34. The summed E-state index contributed by atoms with van der Waals surface area (Å²) in [6.07, 6.45) is 1.23. The van der Waals surface area contributed by atoms with Gasteiger partial charge in [0.15, 0.2) is 5.69 Å². The summed E-state index contributed by atoms with van der Waals surface area (Å²) in [6, 6.07) is 2.56. The number of carbonyl (C=O) groups is 2. The van der Waals surface area contributed by atoms with Crippen LogP contribution in [0.25, 0.3) is 0 Å². The Bertz CT molecular complexity index is 328. The molecule has 0 aliphatic rings. The van der Waals surface area contributed by atoms with Gasteiger partial charge in [0.25, 0.3) is 0 Å². The van der Waals surface area contributed by atoms with Crippen LogP contribution in [0.1, 0.15) is 20.8 Å². The van der Waals surface area contributed by atoms with Crippen molar-refractivity contribution in [3.63, 3.8) is 0 Å². The molecule has 0 unspecified atom stereocenters. The van der Waals surface area contributed by atoms with Crippen molar-refractivity contribution in [3.05, 3.63) is 29.6 Å². The molecule has 0 fully saturated rings. The molecule has 8 heteroatoms. The molecule has 0 bridgehead atoms. The molecule has 0 amide bonds. The van der Waals surface area contributed by atoms with Crippen LogP contribution in [0.2, 0.25) is 0 Å². The van der Waals surface area contributed by atoms with Crippen molar-refractivity contribution in [1.29, 1.82) is 0 Å². The molecule has 0 aliphatic heterocycles.